The van der Waals surface area contributed by atoms with E-state index in [0.717, 1.165) is 50.1 Å². The molecule has 0 radical (unpaired) electrons. The third-order valence-corrected chi connectivity index (χ3v) is 10.4. The standard InChI is InChI=1S/C30H34Cl2N4O4S/c1-20(11-14-35-29(37)28-25(31)18-34-19-26(28)32)36-15-12-23(13-16-36)30(17-21-5-3-4-6-27(21)40-30)22-7-9-24(10-8-22)41(38,39)33-2/h3-10,18-20,23,33H,11-17H2,1-2H3,(H,35,37). The quantitative estimate of drug-likeness (QED) is 0.349. The molecule has 0 aliphatic carbocycles. The Morgan fingerprint density at radius 2 is 1.76 bits per heavy atom. The minimum atomic E-state index is -3.53. The van der Waals surface area contributed by atoms with Crippen LogP contribution in [0.5, 0.6) is 5.75 Å². The van der Waals surface area contributed by atoms with Gasteiger partial charge in [-0.05, 0) is 75.6 Å². The van der Waals surface area contributed by atoms with Crippen LogP contribution in [0.25, 0.3) is 0 Å². The summed E-state index contributed by atoms with van der Waals surface area (Å²) in [5.74, 6) is 0.836. The number of carbonyl (C=O) groups is 1. The molecule has 0 saturated carbocycles. The van der Waals surface area contributed by atoms with Crippen molar-refractivity contribution in [1.29, 1.82) is 0 Å². The van der Waals surface area contributed by atoms with E-state index in [1.54, 1.807) is 12.1 Å². The van der Waals surface area contributed by atoms with Gasteiger partial charge in [0.2, 0.25) is 10.0 Å². The molecule has 2 aromatic carbocycles. The maximum absolute atomic E-state index is 12.6. The zero-order valence-electron chi connectivity index (χ0n) is 23.1. The first kappa shape index (κ1) is 29.8. The monoisotopic (exact) mass is 616 g/mol. The molecule has 1 amide bonds. The van der Waals surface area contributed by atoms with Gasteiger partial charge >= 0.3 is 0 Å². The number of benzene rings is 2. The van der Waals surface area contributed by atoms with E-state index >= 15 is 0 Å². The first-order valence-electron chi connectivity index (χ1n) is 13.8. The van der Waals surface area contributed by atoms with Crippen molar-refractivity contribution in [3.63, 3.8) is 0 Å². The Kier molecular flexibility index (Phi) is 8.92. The molecule has 2 aliphatic rings. The average Bonchev–Trinajstić information content (AvgIpc) is 3.38. The zero-order valence-corrected chi connectivity index (χ0v) is 25.4. The van der Waals surface area contributed by atoms with Crippen molar-refractivity contribution >= 4 is 39.1 Å². The number of hydrogen-bond donors (Lipinski definition) is 2. The Bertz CT molecular complexity index is 1460. The van der Waals surface area contributed by atoms with Gasteiger partial charge in [-0.2, -0.15) is 0 Å². The summed E-state index contributed by atoms with van der Waals surface area (Å²) in [6.07, 6.45) is 6.21. The highest BCUT2D eigenvalue weighted by atomic mass is 35.5. The lowest BCUT2D eigenvalue weighted by atomic mass is 9.73. The molecule has 2 unspecified atom stereocenters. The van der Waals surface area contributed by atoms with Gasteiger partial charge in [-0.15, -0.1) is 0 Å². The highest BCUT2D eigenvalue weighted by Gasteiger charge is 2.48. The van der Waals surface area contributed by atoms with E-state index in [2.05, 4.69) is 32.9 Å². The number of amides is 1. The van der Waals surface area contributed by atoms with Crippen LogP contribution in [-0.2, 0) is 22.0 Å². The third-order valence-electron chi connectivity index (χ3n) is 8.38. The van der Waals surface area contributed by atoms with Crippen molar-refractivity contribution in [2.24, 2.45) is 5.92 Å². The number of halogens is 2. The molecule has 2 atom stereocenters. The Balaban J connectivity index is 1.24. The van der Waals surface area contributed by atoms with Crippen LogP contribution in [-0.4, -0.2) is 56.9 Å². The number of rotatable bonds is 9. The van der Waals surface area contributed by atoms with Crippen molar-refractivity contribution in [2.75, 3.05) is 26.7 Å². The Morgan fingerprint density at radius 1 is 1.10 bits per heavy atom. The topological polar surface area (TPSA) is 101 Å². The van der Waals surface area contributed by atoms with Crippen molar-refractivity contribution in [2.45, 2.75) is 49.1 Å². The second-order valence-corrected chi connectivity index (χ2v) is 13.4. The molecule has 218 valence electrons. The molecule has 2 aliphatic heterocycles. The first-order chi connectivity index (χ1) is 19.6. The average molecular weight is 618 g/mol. The summed E-state index contributed by atoms with van der Waals surface area (Å²) in [5, 5.41) is 3.39. The molecule has 5 rings (SSSR count). The van der Waals surface area contributed by atoms with Crippen molar-refractivity contribution in [3.8, 4) is 5.75 Å². The van der Waals surface area contributed by atoms with Gasteiger partial charge in [0.1, 0.15) is 11.4 Å². The van der Waals surface area contributed by atoms with E-state index in [1.807, 2.05) is 30.3 Å². The molecule has 3 heterocycles. The van der Waals surface area contributed by atoms with Crippen LogP contribution in [0.2, 0.25) is 10.0 Å². The summed E-state index contributed by atoms with van der Waals surface area (Å²) in [4.78, 5) is 19.2. The number of ether oxygens (including phenoxy) is 1. The fraction of sp³-hybridized carbons (Fsp3) is 0.400. The lowest BCUT2D eigenvalue weighted by molar-refractivity contribution is -0.0142. The summed E-state index contributed by atoms with van der Waals surface area (Å²) in [6.45, 7) is 4.47. The number of para-hydroxylation sites is 1. The molecular formula is C30H34Cl2N4O4S. The predicted molar refractivity (Wildman–Crippen MR) is 160 cm³/mol. The second kappa shape index (κ2) is 12.3. The van der Waals surface area contributed by atoms with Crippen LogP contribution in [0.15, 0.2) is 65.8 Å². The van der Waals surface area contributed by atoms with Crippen LogP contribution in [0.4, 0.5) is 0 Å². The number of nitrogens with one attached hydrogen (secondary N) is 2. The maximum atomic E-state index is 12.6. The van der Waals surface area contributed by atoms with Crippen molar-refractivity contribution < 1.29 is 17.9 Å². The molecule has 8 nitrogen and oxygen atoms in total. The van der Waals surface area contributed by atoms with Crippen LogP contribution in [0.3, 0.4) is 0 Å². The van der Waals surface area contributed by atoms with Crippen molar-refractivity contribution in [1.82, 2.24) is 19.9 Å². The van der Waals surface area contributed by atoms with Gasteiger partial charge in [-0.1, -0.05) is 53.5 Å². The smallest absolute Gasteiger partial charge is 0.254 e. The third kappa shape index (κ3) is 6.10. The highest BCUT2D eigenvalue weighted by Crippen LogP contribution is 2.49. The Hall–Kier alpha value is -2.69. The molecule has 2 N–H and O–H groups in total. The normalized spacial score (nSPS) is 20.3. The summed E-state index contributed by atoms with van der Waals surface area (Å²) in [5.41, 5.74) is 1.85. The van der Waals surface area contributed by atoms with Crippen LogP contribution in [0.1, 0.15) is 47.7 Å². The van der Waals surface area contributed by atoms with E-state index < -0.39 is 15.6 Å². The number of sulfonamides is 1. The summed E-state index contributed by atoms with van der Waals surface area (Å²) in [7, 11) is -2.11. The van der Waals surface area contributed by atoms with Crippen LogP contribution < -0.4 is 14.8 Å². The van der Waals surface area contributed by atoms with E-state index in [1.165, 1.54) is 25.0 Å². The zero-order chi connectivity index (χ0) is 29.2. The van der Waals surface area contributed by atoms with Crippen LogP contribution in [0, 0.1) is 5.92 Å². The van der Waals surface area contributed by atoms with E-state index in [4.69, 9.17) is 27.9 Å². The number of piperidine rings is 1. The number of likely N-dealkylation sites (tertiary alicyclic amines) is 1. The number of carbonyl (C=O) groups excluding carboxylic acids is 1. The molecule has 1 aromatic heterocycles. The van der Waals surface area contributed by atoms with E-state index in [0.29, 0.717) is 6.54 Å². The highest BCUT2D eigenvalue weighted by molar-refractivity contribution is 7.89. The summed E-state index contributed by atoms with van der Waals surface area (Å²) >= 11 is 12.2. The van der Waals surface area contributed by atoms with Gasteiger partial charge in [-0.3, -0.25) is 9.78 Å². The minimum absolute atomic E-state index is 0.230. The lowest BCUT2D eigenvalue weighted by Crippen LogP contribution is -2.48. The number of fused-ring (bicyclic) bond motifs is 1. The van der Waals surface area contributed by atoms with Crippen LogP contribution >= 0.6 is 23.2 Å². The van der Waals surface area contributed by atoms with E-state index in [9.17, 15) is 13.2 Å². The second-order valence-electron chi connectivity index (χ2n) is 10.7. The van der Waals surface area contributed by atoms with Gasteiger partial charge in [0.05, 0.1) is 20.5 Å². The van der Waals surface area contributed by atoms with Gasteiger partial charge in [-0.25, -0.2) is 13.1 Å². The predicted octanol–water partition coefficient (Wildman–Crippen LogP) is 5.05. The molecule has 0 bridgehead atoms. The van der Waals surface area contributed by atoms with E-state index in [-0.39, 0.29) is 38.4 Å². The molecule has 1 fully saturated rings. The van der Waals surface area contributed by atoms with Gasteiger partial charge in [0.15, 0.2) is 0 Å². The first-order valence-corrected chi connectivity index (χ1v) is 16.0. The molecule has 3 aromatic rings. The number of hydrogen-bond acceptors (Lipinski definition) is 6. The fourth-order valence-corrected chi connectivity index (χ4v) is 7.29. The Labute approximate surface area is 251 Å². The molecular weight excluding hydrogens is 583 g/mol. The van der Waals surface area contributed by atoms with Gasteiger partial charge in [0, 0.05) is 37.3 Å². The summed E-state index contributed by atoms with van der Waals surface area (Å²) < 4.78 is 33.8. The lowest BCUT2D eigenvalue weighted by Gasteiger charge is -2.44. The molecule has 11 heteroatoms. The number of aromatic nitrogens is 1. The molecule has 0 spiro atoms. The van der Waals surface area contributed by atoms with Crippen molar-refractivity contribution in [3.05, 3.63) is 87.7 Å². The number of nitrogens with zero attached hydrogens (tertiary/aromatic N) is 2. The SMILES string of the molecule is CNS(=O)(=O)c1ccc(C2(C3CCN(C(C)CCNC(=O)c4c(Cl)cncc4Cl)CC3)Cc3ccccc3O2)cc1. The summed E-state index contributed by atoms with van der Waals surface area (Å²) in [6, 6.07) is 15.5. The molecule has 1 saturated heterocycles. The largest absolute Gasteiger partial charge is 0.482 e. The Morgan fingerprint density at radius 3 is 2.39 bits per heavy atom. The minimum Gasteiger partial charge on any atom is -0.482 e. The number of pyridine rings is 1. The fourth-order valence-electron chi connectivity index (χ4n) is 6.02. The van der Waals surface area contributed by atoms with Gasteiger partial charge in [0.25, 0.3) is 5.91 Å². The maximum Gasteiger partial charge on any atom is 0.254 e. The van der Waals surface area contributed by atoms with Gasteiger partial charge < -0.3 is 15.0 Å². The molecule has 41 heavy (non-hydrogen) atoms.